The summed E-state index contributed by atoms with van der Waals surface area (Å²) in [5, 5.41) is 0. The van der Waals surface area contributed by atoms with E-state index in [4.69, 9.17) is 4.74 Å². The molecule has 2 aromatic heterocycles. The van der Waals surface area contributed by atoms with Gasteiger partial charge in [0, 0.05) is 36.7 Å². The van der Waals surface area contributed by atoms with E-state index >= 15 is 0 Å². The van der Waals surface area contributed by atoms with Gasteiger partial charge in [-0.25, -0.2) is 4.98 Å². The van der Waals surface area contributed by atoms with Gasteiger partial charge < -0.3 is 14.6 Å². The van der Waals surface area contributed by atoms with Crippen molar-refractivity contribution in [2.24, 2.45) is 0 Å². The molecule has 130 valence electrons. The number of aromatic amines is 1. The molecule has 1 fully saturated rings. The maximum absolute atomic E-state index is 12.8. The first-order chi connectivity index (χ1) is 12.1. The van der Waals surface area contributed by atoms with Crippen molar-refractivity contribution in [1.29, 1.82) is 0 Å². The molecule has 2 aliphatic heterocycles. The Kier molecular flexibility index (Phi) is 3.88. The zero-order valence-electron chi connectivity index (χ0n) is 14.1. The molecule has 0 radical (unpaired) electrons. The van der Waals surface area contributed by atoms with Crippen LogP contribution in [0.1, 0.15) is 31.0 Å². The largest absolute Gasteiger partial charge is 0.365 e. The molecule has 0 unspecified atom stereocenters. The number of nitrogens with one attached hydrogen (secondary N) is 1. The van der Waals surface area contributed by atoms with Gasteiger partial charge in [-0.15, -0.1) is 0 Å². The number of aromatic nitrogens is 3. The number of pyridine rings is 1. The summed E-state index contributed by atoms with van der Waals surface area (Å²) in [4.78, 5) is 38.5. The fourth-order valence-corrected chi connectivity index (χ4v) is 3.53. The molecule has 25 heavy (non-hydrogen) atoms. The van der Waals surface area contributed by atoms with Crippen molar-refractivity contribution < 1.29 is 9.53 Å². The third-order valence-electron chi connectivity index (χ3n) is 4.97. The summed E-state index contributed by atoms with van der Waals surface area (Å²) in [6.45, 7) is 3.33. The Hall–Kier alpha value is -2.54. The van der Waals surface area contributed by atoms with Gasteiger partial charge in [0.15, 0.2) is 0 Å². The van der Waals surface area contributed by atoms with Crippen molar-refractivity contribution in [3.05, 3.63) is 46.1 Å². The maximum atomic E-state index is 12.8. The Bertz CT molecular complexity index is 856. The lowest BCUT2D eigenvalue weighted by Gasteiger charge is -2.33. The summed E-state index contributed by atoms with van der Waals surface area (Å²) in [7, 11) is 0. The lowest BCUT2D eigenvalue weighted by atomic mass is 9.98. The number of ether oxygens (including phenoxy) is 1. The standard InChI is InChI=1S/C18H20N4O3/c1-18(6-3-9-25-18)17(24)22-8-5-13-14(11-22)20-15(21-16(13)23)12-4-2-7-19-10-12/h2,4,7,10H,3,5-6,8-9,11H2,1H3,(H,20,21,23)/t18-/m1/s1. The molecule has 0 aromatic carbocycles. The lowest BCUT2D eigenvalue weighted by molar-refractivity contribution is -0.152. The van der Waals surface area contributed by atoms with Crippen molar-refractivity contribution in [3.8, 4) is 11.4 Å². The summed E-state index contributed by atoms with van der Waals surface area (Å²) in [6, 6.07) is 3.64. The minimum Gasteiger partial charge on any atom is -0.365 e. The average Bonchev–Trinajstić information content (AvgIpc) is 3.09. The molecule has 1 amide bonds. The maximum Gasteiger partial charge on any atom is 0.254 e. The van der Waals surface area contributed by atoms with Crippen LogP contribution in [0.3, 0.4) is 0 Å². The number of nitrogens with zero attached hydrogens (tertiary/aromatic N) is 3. The molecule has 0 aliphatic carbocycles. The van der Waals surface area contributed by atoms with Gasteiger partial charge in [-0.2, -0.15) is 0 Å². The van der Waals surface area contributed by atoms with E-state index in [0.29, 0.717) is 43.2 Å². The monoisotopic (exact) mass is 340 g/mol. The number of hydrogen-bond acceptors (Lipinski definition) is 5. The summed E-state index contributed by atoms with van der Waals surface area (Å²) >= 11 is 0. The molecule has 4 heterocycles. The third kappa shape index (κ3) is 2.84. The van der Waals surface area contributed by atoms with E-state index in [1.165, 1.54) is 0 Å². The van der Waals surface area contributed by atoms with Gasteiger partial charge in [0.25, 0.3) is 11.5 Å². The fourth-order valence-electron chi connectivity index (χ4n) is 3.53. The molecular formula is C18H20N4O3. The molecular weight excluding hydrogens is 320 g/mol. The third-order valence-corrected chi connectivity index (χ3v) is 4.97. The molecule has 0 spiro atoms. The molecule has 4 rings (SSSR count). The van der Waals surface area contributed by atoms with Crippen LogP contribution >= 0.6 is 0 Å². The van der Waals surface area contributed by atoms with Gasteiger partial charge in [0.05, 0.1) is 12.2 Å². The molecule has 7 nitrogen and oxygen atoms in total. The second-order valence-corrected chi connectivity index (χ2v) is 6.74. The van der Waals surface area contributed by atoms with Gasteiger partial charge in [0.2, 0.25) is 0 Å². The van der Waals surface area contributed by atoms with E-state index in [-0.39, 0.29) is 11.5 Å². The topological polar surface area (TPSA) is 88.2 Å². The SMILES string of the molecule is C[C@]1(C(=O)N2CCc3c(nc(-c4cccnc4)[nH]c3=O)C2)CCCO1. The second kappa shape index (κ2) is 6.07. The van der Waals surface area contributed by atoms with Crippen LogP contribution in [-0.2, 0) is 22.5 Å². The Morgan fingerprint density at radius 2 is 2.32 bits per heavy atom. The van der Waals surface area contributed by atoms with Gasteiger partial charge >= 0.3 is 0 Å². The van der Waals surface area contributed by atoms with Gasteiger partial charge in [-0.3, -0.25) is 14.6 Å². The number of fused-ring (bicyclic) bond motifs is 1. The van der Waals surface area contributed by atoms with E-state index in [1.54, 1.807) is 23.4 Å². The van der Waals surface area contributed by atoms with E-state index in [1.807, 2.05) is 13.0 Å². The molecule has 1 atom stereocenters. The number of amides is 1. The number of H-pyrrole nitrogens is 1. The lowest BCUT2D eigenvalue weighted by Crippen LogP contribution is -2.49. The van der Waals surface area contributed by atoms with Crippen LogP contribution in [0, 0.1) is 0 Å². The van der Waals surface area contributed by atoms with Gasteiger partial charge in [-0.05, 0) is 38.3 Å². The van der Waals surface area contributed by atoms with Crippen LogP contribution in [-0.4, -0.2) is 44.5 Å². The van der Waals surface area contributed by atoms with E-state index in [0.717, 1.165) is 18.4 Å². The number of carbonyl (C=O) groups excluding carboxylic acids is 1. The predicted molar refractivity (Wildman–Crippen MR) is 90.8 cm³/mol. The second-order valence-electron chi connectivity index (χ2n) is 6.74. The van der Waals surface area contributed by atoms with Gasteiger partial charge in [0.1, 0.15) is 11.4 Å². The van der Waals surface area contributed by atoms with E-state index < -0.39 is 5.60 Å². The smallest absolute Gasteiger partial charge is 0.254 e. The van der Waals surface area contributed by atoms with Crippen molar-refractivity contribution in [2.45, 2.75) is 38.3 Å². The summed E-state index contributed by atoms with van der Waals surface area (Å²) in [6.07, 6.45) is 5.47. The molecule has 2 aliphatic rings. The molecule has 0 saturated carbocycles. The molecule has 1 saturated heterocycles. The minimum atomic E-state index is -0.745. The van der Waals surface area contributed by atoms with Crippen molar-refractivity contribution >= 4 is 5.91 Å². The highest BCUT2D eigenvalue weighted by atomic mass is 16.5. The zero-order valence-corrected chi connectivity index (χ0v) is 14.1. The van der Waals surface area contributed by atoms with Crippen LogP contribution in [0.25, 0.3) is 11.4 Å². The first-order valence-electron chi connectivity index (χ1n) is 8.53. The quantitative estimate of drug-likeness (QED) is 0.890. The summed E-state index contributed by atoms with van der Waals surface area (Å²) in [5.41, 5.74) is 1.18. The van der Waals surface area contributed by atoms with Crippen LogP contribution in [0.4, 0.5) is 0 Å². The molecule has 2 aromatic rings. The first-order valence-corrected chi connectivity index (χ1v) is 8.53. The highest BCUT2D eigenvalue weighted by Gasteiger charge is 2.41. The van der Waals surface area contributed by atoms with Crippen molar-refractivity contribution in [3.63, 3.8) is 0 Å². The van der Waals surface area contributed by atoms with E-state index in [2.05, 4.69) is 15.0 Å². The summed E-state index contributed by atoms with van der Waals surface area (Å²) in [5.74, 6) is 0.468. The fraction of sp³-hybridized carbons (Fsp3) is 0.444. The Morgan fingerprint density at radius 1 is 1.44 bits per heavy atom. The van der Waals surface area contributed by atoms with Crippen molar-refractivity contribution in [1.82, 2.24) is 19.9 Å². The first kappa shape index (κ1) is 16.0. The highest BCUT2D eigenvalue weighted by Crippen LogP contribution is 2.29. The van der Waals surface area contributed by atoms with Crippen molar-refractivity contribution in [2.75, 3.05) is 13.2 Å². The molecule has 7 heteroatoms. The Labute approximate surface area is 145 Å². The number of rotatable bonds is 2. The van der Waals surface area contributed by atoms with Crippen LogP contribution < -0.4 is 5.56 Å². The summed E-state index contributed by atoms with van der Waals surface area (Å²) < 4.78 is 5.67. The normalized spacial score (nSPS) is 22.7. The number of hydrogen-bond donors (Lipinski definition) is 1. The van der Waals surface area contributed by atoms with E-state index in [9.17, 15) is 9.59 Å². The minimum absolute atomic E-state index is 0.0133. The molecule has 1 N–H and O–H groups in total. The predicted octanol–water partition coefficient (Wildman–Crippen LogP) is 1.29. The van der Waals surface area contributed by atoms with Crippen LogP contribution in [0.5, 0.6) is 0 Å². The number of carbonyl (C=O) groups is 1. The zero-order chi connectivity index (χ0) is 17.4. The highest BCUT2D eigenvalue weighted by molar-refractivity contribution is 5.85. The Morgan fingerprint density at radius 3 is 3.04 bits per heavy atom. The molecule has 0 bridgehead atoms. The van der Waals surface area contributed by atoms with Crippen LogP contribution in [0.15, 0.2) is 29.3 Å². The van der Waals surface area contributed by atoms with Gasteiger partial charge in [-0.1, -0.05) is 0 Å². The Balaban J connectivity index is 1.65. The van der Waals surface area contributed by atoms with Crippen LogP contribution in [0.2, 0.25) is 0 Å². The average molecular weight is 340 g/mol.